The van der Waals surface area contributed by atoms with Crippen LogP contribution in [0.4, 0.5) is 5.69 Å². The molecule has 1 aliphatic heterocycles. The zero-order valence-electron chi connectivity index (χ0n) is 13.1. The highest BCUT2D eigenvalue weighted by molar-refractivity contribution is 5.98. The molecule has 1 N–H and O–H groups in total. The molecule has 1 aromatic rings. The third-order valence-electron chi connectivity index (χ3n) is 5.96. The maximum absolute atomic E-state index is 12.9. The van der Waals surface area contributed by atoms with E-state index in [0.717, 1.165) is 36.3 Å². The Kier molecular flexibility index (Phi) is 2.66. The number of amides is 1. The van der Waals surface area contributed by atoms with Crippen LogP contribution in [0.3, 0.4) is 0 Å². The summed E-state index contributed by atoms with van der Waals surface area (Å²) in [5.74, 6) is 2.06. The highest BCUT2D eigenvalue weighted by Gasteiger charge is 2.60. The number of carbonyl (C=O) groups is 1. The average Bonchev–Trinajstić information content (AvgIpc) is 3.16. The second kappa shape index (κ2) is 4.28. The van der Waals surface area contributed by atoms with Crippen LogP contribution >= 0.6 is 0 Å². The molecule has 2 saturated carbocycles. The molecule has 3 aliphatic rings. The molecule has 2 aliphatic carbocycles. The lowest BCUT2D eigenvalue weighted by Gasteiger charge is -2.37. The second-order valence-corrected chi connectivity index (χ2v) is 7.24. The first-order chi connectivity index (χ1) is 10.4. The molecule has 0 saturated heterocycles. The van der Waals surface area contributed by atoms with Gasteiger partial charge in [0.25, 0.3) is 0 Å². The van der Waals surface area contributed by atoms with Crippen LogP contribution in [0.2, 0.25) is 0 Å². The average molecular weight is 299 g/mol. The minimum Gasteiger partial charge on any atom is -0.454 e. The summed E-state index contributed by atoms with van der Waals surface area (Å²) in [5.41, 5.74) is 1.51. The van der Waals surface area contributed by atoms with Gasteiger partial charge < -0.3 is 14.8 Å². The Morgan fingerprint density at radius 1 is 1.32 bits per heavy atom. The molecule has 1 aromatic carbocycles. The first kappa shape index (κ1) is 13.7. The SMILES string of the molecule is C=C1C(C)(C)[C@H]2CC[C@@]1(C(=O)Nc1ccc3c(c1)OCO3)C2. The summed E-state index contributed by atoms with van der Waals surface area (Å²) in [6.45, 7) is 8.95. The smallest absolute Gasteiger partial charge is 0.234 e. The van der Waals surface area contributed by atoms with Gasteiger partial charge in [0, 0.05) is 11.8 Å². The highest BCUT2D eigenvalue weighted by Crippen LogP contribution is 2.65. The fourth-order valence-corrected chi connectivity index (χ4v) is 4.37. The van der Waals surface area contributed by atoms with Gasteiger partial charge in [0.2, 0.25) is 12.7 Å². The normalized spacial score (nSPS) is 30.6. The molecule has 0 unspecified atom stereocenters. The van der Waals surface area contributed by atoms with Crippen LogP contribution in [0.15, 0.2) is 30.4 Å². The highest BCUT2D eigenvalue weighted by atomic mass is 16.7. The molecule has 0 radical (unpaired) electrons. The molecule has 0 spiro atoms. The van der Waals surface area contributed by atoms with Crippen molar-refractivity contribution in [3.8, 4) is 11.5 Å². The quantitative estimate of drug-likeness (QED) is 0.846. The molecule has 4 rings (SSSR count). The topological polar surface area (TPSA) is 47.6 Å². The molecule has 116 valence electrons. The van der Waals surface area contributed by atoms with Crippen molar-refractivity contribution in [3.05, 3.63) is 30.4 Å². The van der Waals surface area contributed by atoms with E-state index >= 15 is 0 Å². The van der Waals surface area contributed by atoms with Crippen LogP contribution in [0, 0.1) is 16.7 Å². The minimum absolute atomic E-state index is 0.0600. The maximum atomic E-state index is 12.9. The molecule has 2 atom stereocenters. The van der Waals surface area contributed by atoms with E-state index < -0.39 is 5.41 Å². The van der Waals surface area contributed by atoms with E-state index in [2.05, 4.69) is 25.7 Å². The zero-order valence-corrected chi connectivity index (χ0v) is 13.1. The van der Waals surface area contributed by atoms with Crippen LogP contribution in [-0.4, -0.2) is 12.7 Å². The van der Waals surface area contributed by atoms with Gasteiger partial charge in [-0.05, 0) is 42.7 Å². The summed E-state index contributed by atoms with van der Waals surface area (Å²) in [5, 5.41) is 3.06. The fourth-order valence-electron chi connectivity index (χ4n) is 4.37. The Balaban J connectivity index is 1.59. The van der Waals surface area contributed by atoms with Gasteiger partial charge in [0.05, 0.1) is 5.41 Å². The third kappa shape index (κ3) is 1.67. The van der Waals surface area contributed by atoms with Crippen molar-refractivity contribution in [1.29, 1.82) is 0 Å². The van der Waals surface area contributed by atoms with Crippen LogP contribution in [0.25, 0.3) is 0 Å². The van der Waals surface area contributed by atoms with Gasteiger partial charge in [-0.1, -0.05) is 26.0 Å². The molecule has 1 amide bonds. The van der Waals surface area contributed by atoms with E-state index in [-0.39, 0.29) is 18.1 Å². The van der Waals surface area contributed by atoms with Gasteiger partial charge in [-0.3, -0.25) is 4.79 Å². The third-order valence-corrected chi connectivity index (χ3v) is 5.96. The molecular formula is C18H21NO3. The number of hydrogen-bond acceptors (Lipinski definition) is 3. The van der Waals surface area contributed by atoms with Crippen molar-refractivity contribution in [2.24, 2.45) is 16.7 Å². The fraction of sp³-hybridized carbons (Fsp3) is 0.500. The predicted octanol–water partition coefficient (Wildman–Crippen LogP) is 3.74. The van der Waals surface area contributed by atoms with Gasteiger partial charge in [0.1, 0.15) is 0 Å². The van der Waals surface area contributed by atoms with Crippen molar-refractivity contribution >= 4 is 11.6 Å². The summed E-state index contributed by atoms with van der Waals surface area (Å²) >= 11 is 0. The molecule has 2 fully saturated rings. The van der Waals surface area contributed by atoms with Crippen molar-refractivity contribution in [2.45, 2.75) is 33.1 Å². The molecule has 4 nitrogen and oxygen atoms in total. The number of rotatable bonds is 2. The van der Waals surface area contributed by atoms with Gasteiger partial charge in [0.15, 0.2) is 11.5 Å². The predicted molar refractivity (Wildman–Crippen MR) is 83.9 cm³/mol. The number of hydrogen-bond donors (Lipinski definition) is 1. The second-order valence-electron chi connectivity index (χ2n) is 7.24. The first-order valence-electron chi connectivity index (χ1n) is 7.84. The van der Waals surface area contributed by atoms with Crippen LogP contribution in [-0.2, 0) is 4.79 Å². The number of fused-ring (bicyclic) bond motifs is 3. The number of ether oxygens (including phenoxy) is 2. The molecule has 4 heteroatoms. The summed E-state index contributed by atoms with van der Waals surface area (Å²) in [7, 11) is 0. The lowest BCUT2D eigenvalue weighted by molar-refractivity contribution is -0.123. The maximum Gasteiger partial charge on any atom is 0.234 e. The van der Waals surface area contributed by atoms with Gasteiger partial charge in [-0.25, -0.2) is 0 Å². The summed E-state index contributed by atoms with van der Waals surface area (Å²) < 4.78 is 10.7. The molecule has 0 aromatic heterocycles. The Bertz CT molecular complexity index is 679. The van der Waals surface area contributed by atoms with E-state index in [1.807, 2.05) is 18.2 Å². The number of anilines is 1. The first-order valence-corrected chi connectivity index (χ1v) is 7.84. The Labute approximate surface area is 130 Å². The molecule has 2 bridgehead atoms. The van der Waals surface area contributed by atoms with E-state index in [1.54, 1.807) is 0 Å². The lowest BCUT2D eigenvalue weighted by Crippen LogP contribution is -2.37. The van der Waals surface area contributed by atoms with Crippen LogP contribution in [0.1, 0.15) is 33.1 Å². The van der Waals surface area contributed by atoms with Crippen molar-refractivity contribution in [3.63, 3.8) is 0 Å². The monoisotopic (exact) mass is 299 g/mol. The van der Waals surface area contributed by atoms with Gasteiger partial charge in [-0.15, -0.1) is 0 Å². The van der Waals surface area contributed by atoms with E-state index in [4.69, 9.17) is 9.47 Å². The molecular weight excluding hydrogens is 278 g/mol. The van der Waals surface area contributed by atoms with E-state index in [0.29, 0.717) is 11.7 Å². The van der Waals surface area contributed by atoms with Crippen LogP contribution in [0.5, 0.6) is 11.5 Å². The van der Waals surface area contributed by atoms with Crippen LogP contribution < -0.4 is 14.8 Å². The van der Waals surface area contributed by atoms with Gasteiger partial charge in [-0.2, -0.15) is 0 Å². The summed E-state index contributed by atoms with van der Waals surface area (Å²) in [4.78, 5) is 12.9. The largest absolute Gasteiger partial charge is 0.454 e. The molecule has 1 heterocycles. The lowest BCUT2D eigenvalue weighted by atomic mass is 9.68. The minimum atomic E-state index is -0.398. The van der Waals surface area contributed by atoms with Crippen molar-refractivity contribution in [1.82, 2.24) is 0 Å². The van der Waals surface area contributed by atoms with Gasteiger partial charge >= 0.3 is 0 Å². The Morgan fingerprint density at radius 2 is 2.09 bits per heavy atom. The Hall–Kier alpha value is -1.97. The zero-order chi connectivity index (χ0) is 15.5. The van der Waals surface area contributed by atoms with Crippen molar-refractivity contribution < 1.29 is 14.3 Å². The number of benzene rings is 1. The number of carbonyl (C=O) groups excluding carboxylic acids is 1. The summed E-state index contributed by atoms with van der Waals surface area (Å²) in [6.07, 6.45) is 2.95. The molecule has 22 heavy (non-hydrogen) atoms. The van der Waals surface area contributed by atoms with E-state index in [1.165, 1.54) is 0 Å². The Morgan fingerprint density at radius 3 is 2.82 bits per heavy atom. The standard InChI is InChI=1S/C18H21NO3/c1-11-17(2,3)12-6-7-18(11,9-12)16(20)19-13-4-5-14-15(8-13)22-10-21-14/h4-5,8,12H,1,6-7,9-10H2,2-3H3,(H,19,20)/t12-,18+/m0/s1. The van der Waals surface area contributed by atoms with Crippen molar-refractivity contribution in [2.75, 3.05) is 12.1 Å². The van der Waals surface area contributed by atoms with E-state index in [9.17, 15) is 4.79 Å². The number of nitrogens with one attached hydrogen (secondary N) is 1. The summed E-state index contributed by atoms with van der Waals surface area (Å²) in [6, 6.07) is 5.52.